The van der Waals surface area contributed by atoms with Gasteiger partial charge in [-0.3, -0.25) is 9.48 Å². The second-order valence-electron chi connectivity index (χ2n) is 4.70. The van der Waals surface area contributed by atoms with Gasteiger partial charge in [-0.2, -0.15) is 16.9 Å². The van der Waals surface area contributed by atoms with Crippen LogP contribution in [0.3, 0.4) is 0 Å². The Hall–Kier alpha value is -0.480. The highest BCUT2D eigenvalue weighted by Gasteiger charge is 2.21. The van der Waals surface area contributed by atoms with Gasteiger partial charge in [-0.05, 0) is 19.3 Å². The summed E-state index contributed by atoms with van der Waals surface area (Å²) in [5.74, 6) is 0.641. The Morgan fingerprint density at radius 2 is 2.28 bits per heavy atom. The lowest BCUT2D eigenvalue weighted by atomic mass is 10.3. The Morgan fingerprint density at radius 1 is 1.56 bits per heavy atom. The maximum absolute atomic E-state index is 12.2. The minimum absolute atomic E-state index is 0.114. The van der Waals surface area contributed by atoms with E-state index >= 15 is 0 Å². The van der Waals surface area contributed by atoms with Gasteiger partial charge in [0.2, 0.25) is 0 Å². The van der Waals surface area contributed by atoms with Crippen LogP contribution in [0.2, 0.25) is 5.02 Å². The predicted molar refractivity (Wildman–Crippen MR) is 76.6 cm³/mol. The first-order chi connectivity index (χ1) is 8.72. The molecule has 1 aromatic heterocycles. The third-order valence-electron chi connectivity index (χ3n) is 3.25. The number of halogens is 1. The van der Waals surface area contributed by atoms with Gasteiger partial charge in [-0.15, -0.1) is 0 Å². The quantitative estimate of drug-likeness (QED) is 0.746. The molecule has 1 saturated carbocycles. The summed E-state index contributed by atoms with van der Waals surface area (Å²) >= 11 is 7.83. The van der Waals surface area contributed by atoms with Crippen LogP contribution in [0, 0.1) is 0 Å². The van der Waals surface area contributed by atoms with Crippen LogP contribution in [0.1, 0.15) is 49.5 Å². The van der Waals surface area contributed by atoms with Gasteiger partial charge in [0, 0.05) is 11.8 Å². The molecule has 0 atom stereocenters. The number of Topliss-reactive ketones (excluding diaryl/α,β-unsaturated/α-hetero) is 1. The number of carbonyl (C=O) groups is 1. The van der Waals surface area contributed by atoms with E-state index in [4.69, 9.17) is 11.6 Å². The van der Waals surface area contributed by atoms with Gasteiger partial charge in [0.1, 0.15) is 5.69 Å². The zero-order valence-corrected chi connectivity index (χ0v) is 12.3. The topological polar surface area (TPSA) is 34.9 Å². The molecule has 100 valence electrons. The third kappa shape index (κ3) is 3.29. The van der Waals surface area contributed by atoms with Gasteiger partial charge in [-0.25, -0.2) is 0 Å². The fraction of sp³-hybridized carbons (Fsp3) is 0.692. The maximum Gasteiger partial charge on any atom is 0.192 e. The van der Waals surface area contributed by atoms with Gasteiger partial charge in [0.15, 0.2) is 5.78 Å². The lowest BCUT2D eigenvalue weighted by Crippen LogP contribution is -2.14. The number of thioether (sulfide) groups is 1. The van der Waals surface area contributed by atoms with Crippen molar-refractivity contribution in [2.45, 2.75) is 50.8 Å². The smallest absolute Gasteiger partial charge is 0.192 e. The molecule has 1 aliphatic carbocycles. The Bertz CT molecular complexity index is 413. The van der Waals surface area contributed by atoms with E-state index < -0.39 is 0 Å². The van der Waals surface area contributed by atoms with Gasteiger partial charge in [0.05, 0.1) is 17.0 Å². The van der Waals surface area contributed by atoms with Crippen molar-refractivity contribution >= 4 is 29.1 Å². The van der Waals surface area contributed by atoms with Crippen LogP contribution in [-0.2, 0) is 6.54 Å². The molecule has 0 aromatic carbocycles. The lowest BCUT2D eigenvalue weighted by Gasteiger charge is -2.09. The van der Waals surface area contributed by atoms with E-state index in [2.05, 4.69) is 12.0 Å². The van der Waals surface area contributed by atoms with Crippen LogP contribution in [-0.4, -0.2) is 26.6 Å². The van der Waals surface area contributed by atoms with Crippen molar-refractivity contribution in [1.29, 1.82) is 0 Å². The van der Waals surface area contributed by atoms with E-state index in [0.717, 1.165) is 13.0 Å². The third-order valence-corrected chi connectivity index (χ3v) is 4.89. The second-order valence-corrected chi connectivity index (χ2v) is 6.40. The van der Waals surface area contributed by atoms with Gasteiger partial charge >= 0.3 is 0 Å². The maximum atomic E-state index is 12.2. The first kappa shape index (κ1) is 13.9. The number of hydrogen-bond acceptors (Lipinski definition) is 3. The first-order valence-electron chi connectivity index (χ1n) is 6.58. The summed E-state index contributed by atoms with van der Waals surface area (Å²) in [6.07, 6.45) is 7.64. The fourth-order valence-corrected chi connectivity index (χ4v) is 3.77. The van der Waals surface area contributed by atoms with Crippen LogP contribution in [0.4, 0.5) is 0 Å². The monoisotopic (exact) mass is 286 g/mol. The molecule has 0 amide bonds. The number of aromatic nitrogens is 2. The molecule has 0 spiro atoms. The predicted octanol–water partition coefficient (Wildman–Crippen LogP) is 3.81. The second kappa shape index (κ2) is 6.62. The van der Waals surface area contributed by atoms with E-state index in [1.807, 2.05) is 0 Å². The number of ketones is 1. The Balaban J connectivity index is 1.96. The molecule has 18 heavy (non-hydrogen) atoms. The molecular formula is C13H19ClN2OS. The number of nitrogens with zero attached hydrogens (tertiary/aromatic N) is 2. The Kier molecular flexibility index (Phi) is 5.13. The average molecular weight is 287 g/mol. The number of rotatable bonds is 6. The van der Waals surface area contributed by atoms with Gasteiger partial charge < -0.3 is 0 Å². The van der Waals surface area contributed by atoms with Crippen molar-refractivity contribution in [2.24, 2.45) is 0 Å². The van der Waals surface area contributed by atoms with E-state index in [1.54, 1.807) is 22.6 Å². The Labute approximate surface area is 117 Å². The van der Waals surface area contributed by atoms with Gasteiger partial charge in [0.25, 0.3) is 0 Å². The molecule has 0 radical (unpaired) electrons. The van der Waals surface area contributed by atoms with Crippen molar-refractivity contribution in [3.63, 3.8) is 0 Å². The standard InChI is InChI=1S/C13H19ClN2OS/c1-2-7-16-13(11(14)8-15-16)12(17)9-18-10-5-3-4-6-10/h8,10H,2-7,9H2,1H3. The fourth-order valence-electron chi connectivity index (χ4n) is 2.34. The SMILES string of the molecule is CCCn1ncc(Cl)c1C(=O)CSC1CCCC1. The molecule has 1 aliphatic rings. The van der Waals surface area contributed by atoms with E-state index in [1.165, 1.54) is 25.7 Å². The molecule has 0 bridgehead atoms. The molecule has 3 nitrogen and oxygen atoms in total. The van der Waals surface area contributed by atoms with Crippen LogP contribution in [0.5, 0.6) is 0 Å². The molecule has 2 rings (SSSR count). The molecule has 0 unspecified atom stereocenters. The lowest BCUT2D eigenvalue weighted by molar-refractivity contribution is 0.101. The molecule has 0 N–H and O–H groups in total. The summed E-state index contributed by atoms with van der Waals surface area (Å²) < 4.78 is 1.74. The first-order valence-corrected chi connectivity index (χ1v) is 8.01. The largest absolute Gasteiger partial charge is 0.291 e. The minimum Gasteiger partial charge on any atom is -0.291 e. The summed E-state index contributed by atoms with van der Waals surface area (Å²) in [6, 6.07) is 0. The molecular weight excluding hydrogens is 268 g/mol. The Morgan fingerprint density at radius 3 is 2.94 bits per heavy atom. The molecule has 1 fully saturated rings. The van der Waals surface area contributed by atoms with Crippen molar-refractivity contribution < 1.29 is 4.79 Å². The molecule has 0 saturated heterocycles. The molecule has 1 aromatic rings. The zero-order valence-electron chi connectivity index (χ0n) is 10.7. The average Bonchev–Trinajstić information content (AvgIpc) is 2.97. The van der Waals surface area contributed by atoms with E-state index in [-0.39, 0.29) is 5.78 Å². The normalized spacial score (nSPS) is 16.3. The minimum atomic E-state index is 0.114. The van der Waals surface area contributed by atoms with Crippen LogP contribution in [0.25, 0.3) is 0 Å². The highest BCUT2D eigenvalue weighted by atomic mass is 35.5. The van der Waals surface area contributed by atoms with Gasteiger partial charge in [-0.1, -0.05) is 31.4 Å². The van der Waals surface area contributed by atoms with Crippen molar-refractivity contribution in [3.8, 4) is 0 Å². The van der Waals surface area contributed by atoms with Crippen molar-refractivity contribution in [2.75, 3.05) is 5.75 Å². The summed E-state index contributed by atoms with van der Waals surface area (Å²) in [7, 11) is 0. The zero-order chi connectivity index (χ0) is 13.0. The number of carbonyl (C=O) groups excluding carboxylic acids is 1. The van der Waals surface area contributed by atoms with Crippen LogP contribution < -0.4 is 0 Å². The summed E-state index contributed by atoms with van der Waals surface area (Å²) in [4.78, 5) is 12.2. The van der Waals surface area contributed by atoms with E-state index in [0.29, 0.717) is 21.7 Å². The number of aryl methyl sites for hydroxylation is 1. The molecule has 5 heteroatoms. The number of hydrogen-bond donors (Lipinski definition) is 0. The summed E-state index contributed by atoms with van der Waals surface area (Å²) in [6.45, 7) is 2.82. The van der Waals surface area contributed by atoms with Crippen LogP contribution >= 0.6 is 23.4 Å². The van der Waals surface area contributed by atoms with E-state index in [9.17, 15) is 4.79 Å². The highest BCUT2D eigenvalue weighted by molar-refractivity contribution is 8.00. The van der Waals surface area contributed by atoms with Crippen molar-refractivity contribution in [3.05, 3.63) is 16.9 Å². The molecule has 0 aliphatic heterocycles. The molecule has 1 heterocycles. The van der Waals surface area contributed by atoms with Crippen molar-refractivity contribution in [1.82, 2.24) is 9.78 Å². The summed E-state index contributed by atoms with van der Waals surface area (Å²) in [5.41, 5.74) is 0.587. The summed E-state index contributed by atoms with van der Waals surface area (Å²) in [5, 5.41) is 5.31. The van der Waals surface area contributed by atoms with Crippen LogP contribution in [0.15, 0.2) is 6.20 Å². The highest BCUT2D eigenvalue weighted by Crippen LogP contribution is 2.30.